The van der Waals surface area contributed by atoms with Crippen LogP contribution in [0.2, 0.25) is 0 Å². The van der Waals surface area contributed by atoms with Gasteiger partial charge in [-0.3, -0.25) is 24.1 Å². The summed E-state index contributed by atoms with van der Waals surface area (Å²) < 4.78 is 0. The van der Waals surface area contributed by atoms with Gasteiger partial charge >= 0.3 is 5.97 Å². The maximum atomic E-state index is 12.5. The molecular formula is C17H18N2O6. The van der Waals surface area contributed by atoms with Crippen LogP contribution < -0.4 is 0 Å². The van der Waals surface area contributed by atoms with Crippen molar-refractivity contribution in [2.45, 2.75) is 32.1 Å². The van der Waals surface area contributed by atoms with E-state index in [1.165, 1.54) is 4.90 Å². The van der Waals surface area contributed by atoms with Crippen LogP contribution in [0, 0.1) is 23.7 Å². The summed E-state index contributed by atoms with van der Waals surface area (Å²) in [5.41, 5.74) is 0. The summed E-state index contributed by atoms with van der Waals surface area (Å²) in [6, 6.07) is 0. The van der Waals surface area contributed by atoms with Crippen molar-refractivity contribution >= 4 is 29.6 Å². The number of hydrogen-bond acceptors (Lipinski definition) is 6. The zero-order valence-electron chi connectivity index (χ0n) is 13.6. The number of nitrogens with zero attached hydrogens (tertiary/aromatic N) is 2. The standard InChI is InChI=1S/C17H18N2O6/c20-11-5-6-12(21)19(11)25-13(22)2-1-7-18-16(23)14-9-3-4-10(8-9)15(14)17(18)24/h3-4,9-10,14-15H,1-2,5-8H2. The number of hydrogen-bond donors (Lipinski definition) is 0. The van der Waals surface area contributed by atoms with Gasteiger partial charge in [0.25, 0.3) is 11.8 Å². The Bertz CT molecular complexity index is 668. The van der Waals surface area contributed by atoms with Gasteiger partial charge in [-0.05, 0) is 24.7 Å². The molecule has 2 saturated heterocycles. The lowest BCUT2D eigenvalue weighted by Gasteiger charge is -2.17. The van der Waals surface area contributed by atoms with Crippen molar-refractivity contribution in [3.05, 3.63) is 12.2 Å². The highest BCUT2D eigenvalue weighted by molar-refractivity contribution is 6.06. The molecule has 0 aromatic rings. The molecule has 2 aliphatic heterocycles. The number of rotatable bonds is 5. The molecule has 4 aliphatic rings. The topological polar surface area (TPSA) is 101 Å². The lowest BCUT2D eigenvalue weighted by molar-refractivity contribution is -0.197. The molecule has 0 aromatic heterocycles. The molecule has 0 N–H and O–H groups in total. The number of amides is 4. The van der Waals surface area contributed by atoms with Gasteiger partial charge in [0.15, 0.2) is 0 Å². The fourth-order valence-electron chi connectivity index (χ4n) is 4.37. The van der Waals surface area contributed by atoms with Crippen LogP contribution in [-0.4, -0.2) is 46.1 Å². The highest BCUT2D eigenvalue weighted by Crippen LogP contribution is 2.52. The average molecular weight is 346 g/mol. The molecule has 0 radical (unpaired) electrons. The van der Waals surface area contributed by atoms with E-state index >= 15 is 0 Å². The second-order valence-electron chi connectivity index (χ2n) is 6.98. The normalized spacial score (nSPS) is 33.0. The number of imide groups is 2. The second kappa shape index (κ2) is 5.79. The molecule has 0 aromatic carbocycles. The summed E-state index contributed by atoms with van der Waals surface area (Å²) in [7, 11) is 0. The maximum absolute atomic E-state index is 12.5. The number of hydroxylamine groups is 2. The van der Waals surface area contributed by atoms with Crippen LogP contribution in [0.3, 0.4) is 0 Å². The van der Waals surface area contributed by atoms with Crippen molar-refractivity contribution in [1.29, 1.82) is 0 Å². The molecule has 4 amide bonds. The third-order valence-electron chi connectivity index (χ3n) is 5.52. The first-order valence-corrected chi connectivity index (χ1v) is 8.57. The van der Waals surface area contributed by atoms with Crippen LogP contribution >= 0.6 is 0 Å². The quantitative estimate of drug-likeness (QED) is 0.520. The first kappa shape index (κ1) is 16.0. The van der Waals surface area contributed by atoms with E-state index in [2.05, 4.69) is 0 Å². The fraction of sp³-hybridized carbons (Fsp3) is 0.588. The summed E-state index contributed by atoms with van der Waals surface area (Å²) >= 11 is 0. The van der Waals surface area contributed by atoms with Crippen molar-refractivity contribution in [2.75, 3.05) is 6.54 Å². The van der Waals surface area contributed by atoms with E-state index < -0.39 is 17.8 Å². The number of carbonyl (C=O) groups is 5. The number of likely N-dealkylation sites (tertiary alicyclic amines) is 1. The lowest BCUT2D eigenvalue weighted by Crippen LogP contribution is -2.35. The van der Waals surface area contributed by atoms with Crippen LogP contribution in [0.15, 0.2) is 12.2 Å². The van der Waals surface area contributed by atoms with Gasteiger partial charge in [-0.25, -0.2) is 4.79 Å². The molecule has 132 valence electrons. The van der Waals surface area contributed by atoms with E-state index in [9.17, 15) is 24.0 Å². The Labute approximate surface area is 143 Å². The molecule has 4 rings (SSSR count). The summed E-state index contributed by atoms with van der Waals surface area (Å²) in [4.78, 5) is 65.5. The van der Waals surface area contributed by atoms with Crippen LogP contribution in [0.1, 0.15) is 32.1 Å². The molecule has 4 unspecified atom stereocenters. The molecule has 8 heteroatoms. The highest BCUT2D eigenvalue weighted by Gasteiger charge is 2.58. The minimum Gasteiger partial charge on any atom is -0.330 e. The van der Waals surface area contributed by atoms with Gasteiger partial charge in [-0.15, -0.1) is 5.06 Å². The third-order valence-corrected chi connectivity index (χ3v) is 5.52. The molecule has 2 bridgehead atoms. The van der Waals surface area contributed by atoms with Gasteiger partial charge in [-0.2, -0.15) is 0 Å². The molecule has 0 spiro atoms. The van der Waals surface area contributed by atoms with Gasteiger partial charge in [-0.1, -0.05) is 12.2 Å². The van der Waals surface area contributed by atoms with Gasteiger partial charge < -0.3 is 4.84 Å². The molecule has 3 fully saturated rings. The summed E-state index contributed by atoms with van der Waals surface area (Å²) in [5, 5.41) is 0.502. The van der Waals surface area contributed by atoms with Crippen molar-refractivity contribution < 1.29 is 28.8 Å². The van der Waals surface area contributed by atoms with Crippen molar-refractivity contribution in [2.24, 2.45) is 23.7 Å². The van der Waals surface area contributed by atoms with E-state index in [1.54, 1.807) is 0 Å². The maximum Gasteiger partial charge on any atom is 0.333 e. The van der Waals surface area contributed by atoms with E-state index in [-0.39, 0.29) is 67.7 Å². The predicted molar refractivity (Wildman–Crippen MR) is 80.9 cm³/mol. The molecule has 2 heterocycles. The number of carbonyl (C=O) groups excluding carboxylic acids is 5. The minimum absolute atomic E-state index is 0.0437. The Morgan fingerprint density at radius 2 is 1.56 bits per heavy atom. The Kier molecular flexibility index (Phi) is 3.70. The van der Waals surface area contributed by atoms with E-state index in [0.29, 0.717) is 5.06 Å². The monoisotopic (exact) mass is 346 g/mol. The molecule has 2 aliphatic carbocycles. The van der Waals surface area contributed by atoms with E-state index in [4.69, 9.17) is 4.84 Å². The SMILES string of the molecule is O=C(CCCN1C(=O)C2C3C=CC(C3)C2C1=O)ON1C(=O)CCC1=O. The van der Waals surface area contributed by atoms with Gasteiger partial charge in [0.05, 0.1) is 11.8 Å². The summed E-state index contributed by atoms with van der Waals surface area (Å²) in [5.74, 6) is -2.23. The van der Waals surface area contributed by atoms with Crippen molar-refractivity contribution in [1.82, 2.24) is 9.96 Å². The average Bonchev–Trinajstić information content (AvgIpc) is 3.32. The molecule has 1 saturated carbocycles. The van der Waals surface area contributed by atoms with Gasteiger partial charge in [0, 0.05) is 25.8 Å². The van der Waals surface area contributed by atoms with Crippen molar-refractivity contribution in [3.8, 4) is 0 Å². The minimum atomic E-state index is -0.718. The predicted octanol–water partition coefficient (Wildman–Crippen LogP) is 0.181. The van der Waals surface area contributed by atoms with Crippen LogP contribution in [0.5, 0.6) is 0 Å². The number of fused-ring (bicyclic) bond motifs is 5. The molecule has 4 atom stereocenters. The van der Waals surface area contributed by atoms with Gasteiger partial charge in [0.1, 0.15) is 0 Å². The zero-order valence-corrected chi connectivity index (χ0v) is 13.6. The van der Waals surface area contributed by atoms with Gasteiger partial charge in [0.2, 0.25) is 11.8 Å². The van der Waals surface area contributed by atoms with Crippen LogP contribution in [0.25, 0.3) is 0 Å². The summed E-state index contributed by atoms with van der Waals surface area (Å²) in [6.45, 7) is 0.154. The fourth-order valence-corrected chi connectivity index (χ4v) is 4.37. The highest BCUT2D eigenvalue weighted by atomic mass is 16.7. The Balaban J connectivity index is 1.29. The molecular weight excluding hydrogens is 328 g/mol. The summed E-state index contributed by atoms with van der Waals surface area (Å²) in [6.07, 6.45) is 5.20. The number of allylic oxidation sites excluding steroid dienone is 2. The molecule has 8 nitrogen and oxygen atoms in total. The Morgan fingerprint density at radius 3 is 2.12 bits per heavy atom. The van der Waals surface area contributed by atoms with Crippen LogP contribution in [0.4, 0.5) is 0 Å². The molecule has 25 heavy (non-hydrogen) atoms. The zero-order chi connectivity index (χ0) is 17.7. The smallest absolute Gasteiger partial charge is 0.330 e. The lowest BCUT2D eigenvalue weighted by atomic mass is 9.85. The first-order chi connectivity index (χ1) is 12.0. The van der Waals surface area contributed by atoms with Crippen LogP contribution in [-0.2, 0) is 28.8 Å². The second-order valence-corrected chi connectivity index (χ2v) is 6.98. The van der Waals surface area contributed by atoms with E-state index in [1.807, 2.05) is 12.2 Å². The third kappa shape index (κ3) is 2.47. The van der Waals surface area contributed by atoms with E-state index in [0.717, 1.165) is 6.42 Å². The Hall–Kier alpha value is -2.51. The van der Waals surface area contributed by atoms with Crippen molar-refractivity contribution in [3.63, 3.8) is 0 Å². The first-order valence-electron chi connectivity index (χ1n) is 8.57. The largest absolute Gasteiger partial charge is 0.333 e. The Morgan fingerprint density at radius 1 is 1.00 bits per heavy atom.